The van der Waals surface area contributed by atoms with E-state index in [-0.39, 0.29) is 18.1 Å². The van der Waals surface area contributed by atoms with Crippen LogP contribution in [0.25, 0.3) is 0 Å². The molecule has 2 atom stereocenters. The number of nitrogens with zero attached hydrogens (tertiary/aromatic N) is 1. The fourth-order valence-electron chi connectivity index (χ4n) is 1.75. The van der Waals surface area contributed by atoms with E-state index in [4.69, 9.17) is 4.84 Å². The first-order valence-electron chi connectivity index (χ1n) is 5.15. The second-order valence-electron chi connectivity index (χ2n) is 3.79. The maximum Gasteiger partial charge on any atom is 0.237 e. The molecule has 0 bridgehead atoms. The lowest BCUT2D eigenvalue weighted by atomic mass is 10.2. The number of amides is 1. The minimum atomic E-state index is -0.0234. The van der Waals surface area contributed by atoms with E-state index < -0.39 is 0 Å². The van der Waals surface area contributed by atoms with Gasteiger partial charge in [0.15, 0.2) is 6.10 Å². The third-order valence-corrected chi connectivity index (χ3v) is 3.05. The molecule has 2 aliphatic rings. The molecule has 1 fully saturated rings. The summed E-state index contributed by atoms with van der Waals surface area (Å²) in [5.41, 5.74) is 0. The molecule has 0 aromatic rings. The van der Waals surface area contributed by atoms with Crippen molar-refractivity contribution >= 4 is 26.5 Å². The molecular weight excluding hydrogens is 262 g/mol. The largest absolute Gasteiger partial charge is 0.390 e. The van der Waals surface area contributed by atoms with Crippen molar-refractivity contribution in [2.24, 2.45) is 5.16 Å². The van der Waals surface area contributed by atoms with E-state index in [1.165, 1.54) is 0 Å². The van der Waals surface area contributed by atoms with Gasteiger partial charge in [0.1, 0.15) is 4.62 Å². The summed E-state index contributed by atoms with van der Waals surface area (Å²) in [4.78, 5) is 16.7. The van der Waals surface area contributed by atoms with Crippen LogP contribution in [0.15, 0.2) is 5.16 Å². The Morgan fingerprint density at radius 3 is 3.20 bits per heavy atom. The number of halogens is 1. The highest BCUT2D eigenvalue weighted by atomic mass is 79.9. The van der Waals surface area contributed by atoms with E-state index in [0.29, 0.717) is 6.54 Å². The predicted octanol–water partition coefficient (Wildman–Crippen LogP) is 0.352. The number of hydrogen-bond donors (Lipinski definition) is 2. The highest BCUT2D eigenvalue weighted by Gasteiger charge is 2.24. The van der Waals surface area contributed by atoms with E-state index in [0.717, 1.165) is 30.4 Å². The lowest BCUT2D eigenvalue weighted by molar-refractivity contribution is -0.123. The Morgan fingerprint density at radius 2 is 2.60 bits per heavy atom. The van der Waals surface area contributed by atoms with Crippen molar-refractivity contribution < 1.29 is 9.63 Å². The summed E-state index contributed by atoms with van der Waals surface area (Å²) < 4.78 is 0.806. The topological polar surface area (TPSA) is 62.7 Å². The third kappa shape index (κ3) is 2.92. The summed E-state index contributed by atoms with van der Waals surface area (Å²) in [5.74, 6) is 0.0686. The third-order valence-electron chi connectivity index (χ3n) is 2.58. The van der Waals surface area contributed by atoms with Gasteiger partial charge in [0.25, 0.3) is 0 Å². The SMILES string of the molecule is O=C(NCC1CC(Br)=NO1)C1CCCN1. The first kappa shape index (κ1) is 10.9. The molecule has 1 saturated heterocycles. The number of oxime groups is 1. The summed E-state index contributed by atoms with van der Waals surface area (Å²) in [6.07, 6.45) is 2.72. The molecule has 2 N–H and O–H groups in total. The first-order valence-corrected chi connectivity index (χ1v) is 5.94. The molecule has 0 saturated carbocycles. The van der Waals surface area contributed by atoms with Gasteiger partial charge in [0, 0.05) is 6.42 Å². The Bertz CT molecular complexity index is 277. The minimum absolute atomic E-state index is 0.0178. The van der Waals surface area contributed by atoms with Gasteiger partial charge in [-0.05, 0) is 35.3 Å². The van der Waals surface area contributed by atoms with E-state index in [1.54, 1.807) is 0 Å². The monoisotopic (exact) mass is 275 g/mol. The van der Waals surface area contributed by atoms with Crippen LogP contribution < -0.4 is 10.6 Å². The highest BCUT2D eigenvalue weighted by molar-refractivity contribution is 9.18. The van der Waals surface area contributed by atoms with Gasteiger partial charge in [0.2, 0.25) is 5.91 Å². The molecule has 5 nitrogen and oxygen atoms in total. The lowest BCUT2D eigenvalue weighted by Crippen LogP contribution is -2.43. The maximum atomic E-state index is 11.6. The predicted molar refractivity (Wildman–Crippen MR) is 59.9 cm³/mol. The summed E-state index contributed by atoms with van der Waals surface area (Å²) in [5, 5.41) is 9.78. The van der Waals surface area contributed by atoms with Crippen LogP contribution in [0.5, 0.6) is 0 Å². The van der Waals surface area contributed by atoms with Crippen molar-refractivity contribution in [1.29, 1.82) is 0 Å². The van der Waals surface area contributed by atoms with Gasteiger partial charge in [-0.2, -0.15) is 0 Å². The molecule has 2 aliphatic heterocycles. The Kier molecular flexibility index (Phi) is 3.58. The zero-order valence-electron chi connectivity index (χ0n) is 8.33. The first-order chi connectivity index (χ1) is 7.25. The number of carbonyl (C=O) groups excluding carboxylic acids is 1. The Labute approximate surface area is 96.7 Å². The number of hydrogen-bond acceptors (Lipinski definition) is 4. The van der Waals surface area contributed by atoms with Crippen LogP contribution >= 0.6 is 15.9 Å². The number of nitrogens with one attached hydrogen (secondary N) is 2. The zero-order chi connectivity index (χ0) is 10.7. The fourth-order valence-corrected chi connectivity index (χ4v) is 2.19. The summed E-state index contributed by atoms with van der Waals surface area (Å²) >= 11 is 3.25. The standard InChI is InChI=1S/C9H14BrN3O2/c10-8-4-6(15-13-8)5-12-9(14)7-2-1-3-11-7/h6-7,11H,1-5H2,(H,12,14). The van der Waals surface area contributed by atoms with Gasteiger partial charge in [-0.25, -0.2) is 0 Å². The fraction of sp³-hybridized carbons (Fsp3) is 0.778. The molecule has 0 aromatic heterocycles. The molecular formula is C9H14BrN3O2. The molecule has 2 unspecified atom stereocenters. The maximum absolute atomic E-state index is 11.6. The molecule has 0 spiro atoms. The normalized spacial score (nSPS) is 29.8. The van der Waals surface area contributed by atoms with Gasteiger partial charge in [0.05, 0.1) is 12.6 Å². The Balaban J connectivity index is 1.67. The van der Waals surface area contributed by atoms with Gasteiger partial charge < -0.3 is 15.5 Å². The molecule has 84 valence electrons. The molecule has 15 heavy (non-hydrogen) atoms. The van der Waals surface area contributed by atoms with E-state index >= 15 is 0 Å². The van der Waals surface area contributed by atoms with Crippen LogP contribution in [0.1, 0.15) is 19.3 Å². The summed E-state index contributed by atoms with van der Waals surface area (Å²) in [6, 6.07) is -0.0178. The molecule has 6 heteroatoms. The second kappa shape index (κ2) is 4.94. The number of carbonyl (C=O) groups is 1. The molecule has 0 aliphatic carbocycles. The van der Waals surface area contributed by atoms with Gasteiger partial charge >= 0.3 is 0 Å². The quantitative estimate of drug-likeness (QED) is 0.782. The highest BCUT2D eigenvalue weighted by Crippen LogP contribution is 2.13. The van der Waals surface area contributed by atoms with Gasteiger partial charge in [-0.1, -0.05) is 5.16 Å². The van der Waals surface area contributed by atoms with Crippen LogP contribution in [-0.2, 0) is 9.63 Å². The van der Waals surface area contributed by atoms with Crippen molar-refractivity contribution in [3.05, 3.63) is 0 Å². The van der Waals surface area contributed by atoms with Crippen LogP contribution in [0.3, 0.4) is 0 Å². The van der Waals surface area contributed by atoms with Crippen molar-refractivity contribution in [2.45, 2.75) is 31.4 Å². The number of rotatable bonds is 3. The van der Waals surface area contributed by atoms with Crippen molar-refractivity contribution in [3.63, 3.8) is 0 Å². The van der Waals surface area contributed by atoms with Crippen LogP contribution in [0, 0.1) is 0 Å². The van der Waals surface area contributed by atoms with Crippen molar-refractivity contribution in [3.8, 4) is 0 Å². The van der Waals surface area contributed by atoms with E-state index in [1.807, 2.05) is 0 Å². The van der Waals surface area contributed by atoms with Crippen LogP contribution in [0.4, 0.5) is 0 Å². The summed E-state index contributed by atoms with van der Waals surface area (Å²) in [7, 11) is 0. The Morgan fingerprint density at radius 1 is 1.73 bits per heavy atom. The van der Waals surface area contributed by atoms with E-state index in [2.05, 4.69) is 31.7 Å². The van der Waals surface area contributed by atoms with Crippen molar-refractivity contribution in [1.82, 2.24) is 10.6 Å². The minimum Gasteiger partial charge on any atom is -0.390 e. The zero-order valence-corrected chi connectivity index (χ0v) is 9.92. The van der Waals surface area contributed by atoms with Crippen LogP contribution in [-0.4, -0.2) is 35.8 Å². The van der Waals surface area contributed by atoms with E-state index in [9.17, 15) is 4.79 Å². The molecule has 2 rings (SSSR count). The summed E-state index contributed by atoms with van der Waals surface area (Å²) in [6.45, 7) is 1.46. The van der Waals surface area contributed by atoms with Gasteiger partial charge in [-0.15, -0.1) is 0 Å². The smallest absolute Gasteiger partial charge is 0.237 e. The second-order valence-corrected chi connectivity index (χ2v) is 4.71. The molecule has 2 heterocycles. The lowest BCUT2D eigenvalue weighted by Gasteiger charge is -2.13. The Hall–Kier alpha value is -0.620. The molecule has 0 radical (unpaired) electrons. The average molecular weight is 276 g/mol. The molecule has 0 aromatic carbocycles. The van der Waals surface area contributed by atoms with Crippen LogP contribution in [0.2, 0.25) is 0 Å². The van der Waals surface area contributed by atoms with Crippen molar-refractivity contribution in [2.75, 3.05) is 13.1 Å². The molecule has 1 amide bonds. The van der Waals surface area contributed by atoms with Gasteiger partial charge in [-0.3, -0.25) is 4.79 Å². The average Bonchev–Trinajstić information content (AvgIpc) is 2.84.